The average molecular weight is 278 g/mol. The molecule has 2 rings (SSSR count). The monoisotopic (exact) mass is 277 g/mol. The van der Waals surface area contributed by atoms with Crippen molar-refractivity contribution in [3.63, 3.8) is 0 Å². The summed E-state index contributed by atoms with van der Waals surface area (Å²) >= 11 is 6.10. The van der Waals surface area contributed by atoms with Gasteiger partial charge >= 0.3 is 0 Å². The summed E-state index contributed by atoms with van der Waals surface area (Å²) in [7, 11) is 0. The van der Waals surface area contributed by atoms with E-state index in [-0.39, 0.29) is 18.5 Å². The number of fused-ring (bicyclic) bond motifs is 1. The highest BCUT2D eigenvalue weighted by Gasteiger charge is 2.09. The number of carbonyl (C=O) groups is 1. The largest absolute Gasteiger partial charge is 0.323 e. The van der Waals surface area contributed by atoms with Gasteiger partial charge in [-0.15, -0.1) is 0 Å². The van der Waals surface area contributed by atoms with E-state index in [0.29, 0.717) is 16.2 Å². The Labute approximate surface area is 117 Å². The standard InChI is InChI=1S/C14H16ClN3O/c1-9(2)17-8-13(19)18-12-6-5-11(15)10-4-3-7-16-14(10)12/h3-7,9,17H,8H2,1-2H3,(H,18,19). The summed E-state index contributed by atoms with van der Waals surface area (Å²) in [6, 6.07) is 7.50. The van der Waals surface area contributed by atoms with E-state index in [2.05, 4.69) is 15.6 Å². The number of nitrogens with one attached hydrogen (secondary N) is 2. The van der Waals surface area contributed by atoms with Crippen LogP contribution in [0.3, 0.4) is 0 Å². The molecule has 0 radical (unpaired) electrons. The lowest BCUT2D eigenvalue weighted by Crippen LogP contribution is -2.32. The molecule has 0 aliphatic heterocycles. The van der Waals surface area contributed by atoms with Gasteiger partial charge in [0.05, 0.1) is 22.8 Å². The number of aromatic nitrogens is 1. The Balaban J connectivity index is 2.21. The molecule has 100 valence electrons. The summed E-state index contributed by atoms with van der Waals surface area (Å²) in [5.41, 5.74) is 1.38. The van der Waals surface area contributed by atoms with Crippen LogP contribution in [0.25, 0.3) is 10.9 Å². The van der Waals surface area contributed by atoms with Crippen molar-refractivity contribution < 1.29 is 4.79 Å². The highest BCUT2D eigenvalue weighted by Crippen LogP contribution is 2.27. The molecule has 0 unspecified atom stereocenters. The molecule has 19 heavy (non-hydrogen) atoms. The molecule has 0 aliphatic carbocycles. The number of pyridine rings is 1. The zero-order valence-corrected chi connectivity index (χ0v) is 11.7. The van der Waals surface area contributed by atoms with Crippen LogP contribution >= 0.6 is 11.6 Å². The molecule has 1 heterocycles. The maximum Gasteiger partial charge on any atom is 0.238 e. The molecule has 5 heteroatoms. The summed E-state index contributed by atoms with van der Waals surface area (Å²) in [6.45, 7) is 4.26. The van der Waals surface area contributed by atoms with Crippen LogP contribution < -0.4 is 10.6 Å². The van der Waals surface area contributed by atoms with E-state index in [0.717, 1.165) is 5.39 Å². The van der Waals surface area contributed by atoms with Gasteiger partial charge in [-0.25, -0.2) is 0 Å². The Morgan fingerprint density at radius 2 is 2.16 bits per heavy atom. The normalized spacial score (nSPS) is 10.9. The maximum atomic E-state index is 11.8. The van der Waals surface area contributed by atoms with E-state index in [1.807, 2.05) is 26.0 Å². The molecular formula is C14H16ClN3O. The second-order valence-corrected chi connectivity index (χ2v) is 4.99. The lowest BCUT2D eigenvalue weighted by molar-refractivity contribution is -0.115. The first-order chi connectivity index (χ1) is 9.08. The van der Waals surface area contributed by atoms with Crippen molar-refractivity contribution >= 4 is 34.1 Å². The number of benzene rings is 1. The van der Waals surface area contributed by atoms with Gasteiger partial charge in [0.25, 0.3) is 0 Å². The number of rotatable bonds is 4. The number of amides is 1. The van der Waals surface area contributed by atoms with Gasteiger partial charge in [0.2, 0.25) is 5.91 Å². The van der Waals surface area contributed by atoms with Gasteiger partial charge in [-0.2, -0.15) is 0 Å². The first-order valence-corrected chi connectivity index (χ1v) is 6.52. The summed E-state index contributed by atoms with van der Waals surface area (Å²) < 4.78 is 0. The second-order valence-electron chi connectivity index (χ2n) is 4.58. The zero-order valence-electron chi connectivity index (χ0n) is 10.9. The van der Waals surface area contributed by atoms with Crippen molar-refractivity contribution in [1.82, 2.24) is 10.3 Å². The van der Waals surface area contributed by atoms with Crippen LogP contribution in [0.2, 0.25) is 5.02 Å². The van der Waals surface area contributed by atoms with E-state index in [9.17, 15) is 4.79 Å². The molecular weight excluding hydrogens is 262 g/mol. The van der Waals surface area contributed by atoms with Crippen LogP contribution in [-0.4, -0.2) is 23.5 Å². The van der Waals surface area contributed by atoms with Crippen LogP contribution in [-0.2, 0) is 4.79 Å². The van der Waals surface area contributed by atoms with Crippen molar-refractivity contribution in [1.29, 1.82) is 0 Å². The number of nitrogens with zero attached hydrogens (tertiary/aromatic N) is 1. The van der Waals surface area contributed by atoms with Gasteiger partial charge in [0.1, 0.15) is 0 Å². The number of anilines is 1. The van der Waals surface area contributed by atoms with Gasteiger partial charge in [-0.3, -0.25) is 9.78 Å². The van der Waals surface area contributed by atoms with E-state index in [1.165, 1.54) is 0 Å². The Kier molecular flexibility index (Phi) is 4.35. The van der Waals surface area contributed by atoms with Gasteiger partial charge in [-0.1, -0.05) is 25.4 Å². The highest BCUT2D eigenvalue weighted by molar-refractivity contribution is 6.35. The zero-order chi connectivity index (χ0) is 13.8. The summed E-state index contributed by atoms with van der Waals surface area (Å²) in [5.74, 6) is -0.0945. The van der Waals surface area contributed by atoms with E-state index in [4.69, 9.17) is 11.6 Å². The lowest BCUT2D eigenvalue weighted by Gasteiger charge is -2.11. The fraction of sp³-hybridized carbons (Fsp3) is 0.286. The Morgan fingerprint density at radius 3 is 2.89 bits per heavy atom. The van der Waals surface area contributed by atoms with Crippen molar-refractivity contribution in [2.75, 3.05) is 11.9 Å². The van der Waals surface area contributed by atoms with Crippen LogP contribution in [0.4, 0.5) is 5.69 Å². The molecule has 0 saturated heterocycles. The predicted molar refractivity (Wildman–Crippen MR) is 78.5 cm³/mol. The first-order valence-electron chi connectivity index (χ1n) is 6.14. The first kappa shape index (κ1) is 13.8. The van der Waals surface area contributed by atoms with Crippen molar-refractivity contribution in [3.05, 3.63) is 35.5 Å². The summed E-state index contributed by atoms with van der Waals surface area (Å²) in [4.78, 5) is 16.1. The third kappa shape index (κ3) is 3.43. The molecule has 0 spiro atoms. The number of hydrogen-bond acceptors (Lipinski definition) is 3. The Bertz CT molecular complexity index is 598. The number of carbonyl (C=O) groups excluding carboxylic acids is 1. The van der Waals surface area contributed by atoms with Gasteiger partial charge in [-0.05, 0) is 24.3 Å². The number of halogens is 1. The number of hydrogen-bond donors (Lipinski definition) is 2. The third-order valence-electron chi connectivity index (χ3n) is 2.66. The topological polar surface area (TPSA) is 54.0 Å². The molecule has 0 atom stereocenters. The molecule has 0 bridgehead atoms. The third-order valence-corrected chi connectivity index (χ3v) is 2.99. The minimum Gasteiger partial charge on any atom is -0.323 e. The highest BCUT2D eigenvalue weighted by atomic mass is 35.5. The van der Waals surface area contributed by atoms with Crippen LogP contribution in [0.5, 0.6) is 0 Å². The molecule has 2 aromatic rings. The van der Waals surface area contributed by atoms with Gasteiger partial charge in [0.15, 0.2) is 0 Å². The SMILES string of the molecule is CC(C)NCC(=O)Nc1ccc(Cl)c2cccnc12. The van der Waals surface area contributed by atoms with Crippen molar-refractivity contribution in [3.8, 4) is 0 Å². The molecule has 0 saturated carbocycles. The lowest BCUT2D eigenvalue weighted by atomic mass is 10.2. The van der Waals surface area contributed by atoms with Crippen LogP contribution in [0.15, 0.2) is 30.5 Å². The Morgan fingerprint density at radius 1 is 1.37 bits per heavy atom. The predicted octanol–water partition coefficient (Wildman–Crippen LogP) is 2.82. The smallest absolute Gasteiger partial charge is 0.238 e. The molecule has 1 aromatic heterocycles. The minimum atomic E-state index is -0.0945. The molecule has 0 aliphatic rings. The molecule has 1 aromatic carbocycles. The fourth-order valence-electron chi connectivity index (χ4n) is 1.73. The van der Waals surface area contributed by atoms with Crippen LogP contribution in [0.1, 0.15) is 13.8 Å². The van der Waals surface area contributed by atoms with E-state index in [1.54, 1.807) is 18.3 Å². The fourth-order valence-corrected chi connectivity index (χ4v) is 1.95. The van der Waals surface area contributed by atoms with Crippen LogP contribution in [0, 0.1) is 0 Å². The molecule has 4 nitrogen and oxygen atoms in total. The van der Waals surface area contributed by atoms with Gasteiger partial charge < -0.3 is 10.6 Å². The minimum absolute atomic E-state index is 0.0945. The Hall–Kier alpha value is -1.65. The quantitative estimate of drug-likeness (QED) is 0.904. The van der Waals surface area contributed by atoms with E-state index >= 15 is 0 Å². The molecule has 0 fully saturated rings. The molecule has 2 N–H and O–H groups in total. The summed E-state index contributed by atoms with van der Waals surface area (Å²) in [6.07, 6.45) is 1.68. The average Bonchev–Trinajstić information content (AvgIpc) is 2.40. The van der Waals surface area contributed by atoms with Gasteiger partial charge in [0, 0.05) is 17.6 Å². The van der Waals surface area contributed by atoms with Crippen molar-refractivity contribution in [2.24, 2.45) is 0 Å². The maximum absolute atomic E-state index is 11.8. The second kappa shape index (κ2) is 5.99. The molecule has 1 amide bonds. The van der Waals surface area contributed by atoms with Crippen molar-refractivity contribution in [2.45, 2.75) is 19.9 Å². The summed E-state index contributed by atoms with van der Waals surface area (Å²) in [5, 5.41) is 7.37. The van der Waals surface area contributed by atoms with E-state index < -0.39 is 0 Å².